The van der Waals surface area contributed by atoms with Crippen LogP contribution in [0.25, 0.3) is 0 Å². The number of hydrogen-bond donors (Lipinski definition) is 0. The summed E-state index contributed by atoms with van der Waals surface area (Å²) in [7, 11) is 0. The first-order chi connectivity index (χ1) is 8.70. The maximum absolute atomic E-state index is 9.27. The Hall–Kier alpha value is -2.01. The lowest BCUT2D eigenvalue weighted by Gasteiger charge is -2.10. The largest absolute Gasteiger partial charge is 0.469 e. The molecule has 0 bridgehead atoms. The molecule has 0 aliphatic rings. The van der Waals surface area contributed by atoms with Crippen LogP contribution < -0.4 is 0 Å². The first kappa shape index (κ1) is 12.4. The lowest BCUT2D eigenvalue weighted by Crippen LogP contribution is -2.00. The van der Waals surface area contributed by atoms with E-state index >= 15 is 0 Å². The maximum atomic E-state index is 9.27. The first-order valence-corrected chi connectivity index (χ1v) is 6.22. The molecule has 0 aliphatic heterocycles. The molecule has 0 amide bonds. The molecule has 1 heterocycles. The van der Waals surface area contributed by atoms with Gasteiger partial charge < -0.3 is 4.42 Å². The molecule has 0 saturated heterocycles. The quantitative estimate of drug-likeness (QED) is 0.799. The summed E-state index contributed by atoms with van der Waals surface area (Å²) in [5.41, 5.74) is 2.35. The molecule has 0 aliphatic carbocycles. The van der Waals surface area contributed by atoms with E-state index < -0.39 is 0 Å². The molecule has 1 atom stereocenters. The fourth-order valence-corrected chi connectivity index (χ4v) is 1.98. The molecule has 2 aromatic rings. The fraction of sp³-hybridized carbons (Fsp3) is 0.312. The third-order valence-corrected chi connectivity index (χ3v) is 3.15. The topological polar surface area (TPSA) is 36.9 Å². The zero-order chi connectivity index (χ0) is 13.0. The predicted octanol–water partition coefficient (Wildman–Crippen LogP) is 4.25. The van der Waals surface area contributed by atoms with E-state index in [1.54, 1.807) is 6.26 Å². The summed E-state index contributed by atoms with van der Waals surface area (Å²) in [5.74, 6) is 1.23. The van der Waals surface area contributed by atoms with Gasteiger partial charge in [0.1, 0.15) is 5.76 Å². The van der Waals surface area contributed by atoms with E-state index in [0.717, 1.165) is 11.3 Å². The molecular formula is C16H17NO. The van der Waals surface area contributed by atoms with Gasteiger partial charge in [0, 0.05) is 6.42 Å². The summed E-state index contributed by atoms with van der Waals surface area (Å²) in [6.07, 6.45) is 2.27. The summed E-state index contributed by atoms with van der Waals surface area (Å²) >= 11 is 0. The van der Waals surface area contributed by atoms with Gasteiger partial charge in [-0.05, 0) is 29.2 Å². The van der Waals surface area contributed by atoms with Gasteiger partial charge in [-0.3, -0.25) is 0 Å². The number of nitrogens with zero attached hydrogens (tertiary/aromatic N) is 1. The highest BCUT2D eigenvalue weighted by atomic mass is 16.3. The van der Waals surface area contributed by atoms with Crippen molar-refractivity contribution >= 4 is 0 Å². The van der Waals surface area contributed by atoms with E-state index in [0.29, 0.717) is 12.3 Å². The number of rotatable bonds is 4. The standard InChI is InChI=1S/C16H17NO/c1-12(2)13-5-7-14(8-6-13)15(11-17)10-16-4-3-9-18-16/h3-9,12,15H,10H2,1-2H3. The molecule has 0 spiro atoms. The lowest BCUT2D eigenvalue weighted by atomic mass is 9.93. The summed E-state index contributed by atoms with van der Waals surface area (Å²) in [4.78, 5) is 0. The Morgan fingerprint density at radius 2 is 1.78 bits per heavy atom. The molecule has 18 heavy (non-hydrogen) atoms. The molecule has 0 N–H and O–H groups in total. The molecule has 2 rings (SSSR count). The van der Waals surface area contributed by atoms with E-state index in [1.165, 1.54) is 5.56 Å². The van der Waals surface area contributed by atoms with Crippen molar-refractivity contribution in [2.75, 3.05) is 0 Å². The van der Waals surface area contributed by atoms with Gasteiger partial charge in [-0.25, -0.2) is 0 Å². The van der Waals surface area contributed by atoms with Crippen LogP contribution in [0, 0.1) is 11.3 Å². The highest BCUT2D eigenvalue weighted by molar-refractivity contribution is 5.31. The van der Waals surface area contributed by atoms with Gasteiger partial charge in [0.2, 0.25) is 0 Å². The minimum atomic E-state index is -0.141. The van der Waals surface area contributed by atoms with Gasteiger partial charge in [-0.2, -0.15) is 5.26 Å². The van der Waals surface area contributed by atoms with Crippen LogP contribution in [0.5, 0.6) is 0 Å². The van der Waals surface area contributed by atoms with Crippen molar-refractivity contribution in [2.24, 2.45) is 0 Å². The third-order valence-electron chi connectivity index (χ3n) is 3.15. The van der Waals surface area contributed by atoms with Gasteiger partial charge in [-0.15, -0.1) is 0 Å². The highest BCUT2D eigenvalue weighted by Crippen LogP contribution is 2.23. The second kappa shape index (κ2) is 5.55. The van der Waals surface area contributed by atoms with Crippen molar-refractivity contribution < 1.29 is 4.42 Å². The first-order valence-electron chi connectivity index (χ1n) is 6.22. The van der Waals surface area contributed by atoms with Crippen LogP contribution in [0.15, 0.2) is 47.1 Å². The van der Waals surface area contributed by atoms with Crippen LogP contribution in [0.2, 0.25) is 0 Å². The number of furan rings is 1. The zero-order valence-electron chi connectivity index (χ0n) is 10.8. The van der Waals surface area contributed by atoms with Crippen LogP contribution in [-0.4, -0.2) is 0 Å². The highest BCUT2D eigenvalue weighted by Gasteiger charge is 2.13. The third kappa shape index (κ3) is 2.81. The zero-order valence-corrected chi connectivity index (χ0v) is 10.8. The van der Waals surface area contributed by atoms with Gasteiger partial charge >= 0.3 is 0 Å². The Kier molecular flexibility index (Phi) is 3.84. The molecule has 2 heteroatoms. The van der Waals surface area contributed by atoms with Crippen LogP contribution >= 0.6 is 0 Å². The van der Waals surface area contributed by atoms with Gasteiger partial charge in [0.15, 0.2) is 0 Å². The number of benzene rings is 1. The Morgan fingerprint density at radius 3 is 2.28 bits per heavy atom. The van der Waals surface area contributed by atoms with Crippen LogP contribution in [0.3, 0.4) is 0 Å². The Labute approximate surface area is 108 Å². The molecule has 1 aromatic carbocycles. The van der Waals surface area contributed by atoms with Crippen LogP contribution in [0.1, 0.15) is 42.6 Å². The molecule has 0 saturated carbocycles. The smallest absolute Gasteiger partial charge is 0.105 e. The van der Waals surface area contributed by atoms with Crippen molar-refractivity contribution in [1.29, 1.82) is 5.26 Å². The Bertz CT molecular complexity index is 517. The normalized spacial score (nSPS) is 12.3. The molecule has 0 radical (unpaired) electrons. The number of hydrogen-bond acceptors (Lipinski definition) is 2. The van der Waals surface area contributed by atoms with Crippen LogP contribution in [-0.2, 0) is 6.42 Å². The number of nitriles is 1. The fourth-order valence-electron chi connectivity index (χ4n) is 1.98. The van der Waals surface area contributed by atoms with E-state index in [2.05, 4.69) is 32.0 Å². The monoisotopic (exact) mass is 239 g/mol. The Morgan fingerprint density at radius 1 is 1.11 bits per heavy atom. The molecule has 2 nitrogen and oxygen atoms in total. The van der Waals surface area contributed by atoms with Crippen molar-refractivity contribution in [3.8, 4) is 6.07 Å². The molecule has 1 unspecified atom stereocenters. The van der Waals surface area contributed by atoms with E-state index in [4.69, 9.17) is 4.42 Å². The van der Waals surface area contributed by atoms with Crippen molar-refractivity contribution in [3.63, 3.8) is 0 Å². The molecule has 0 fully saturated rings. The SMILES string of the molecule is CC(C)c1ccc(C(C#N)Cc2ccco2)cc1. The lowest BCUT2D eigenvalue weighted by molar-refractivity contribution is 0.501. The minimum Gasteiger partial charge on any atom is -0.469 e. The van der Waals surface area contributed by atoms with Crippen LogP contribution in [0.4, 0.5) is 0 Å². The average Bonchev–Trinajstić information content (AvgIpc) is 2.89. The Balaban J connectivity index is 2.15. The van der Waals surface area contributed by atoms with Gasteiger partial charge in [0.25, 0.3) is 0 Å². The average molecular weight is 239 g/mol. The van der Waals surface area contributed by atoms with E-state index in [9.17, 15) is 5.26 Å². The van der Waals surface area contributed by atoms with E-state index in [-0.39, 0.29) is 5.92 Å². The summed E-state index contributed by atoms with van der Waals surface area (Å²) in [5, 5.41) is 9.27. The molecular weight excluding hydrogens is 222 g/mol. The summed E-state index contributed by atoms with van der Waals surface area (Å²) in [6.45, 7) is 4.33. The molecule has 1 aromatic heterocycles. The van der Waals surface area contributed by atoms with Gasteiger partial charge in [0.05, 0.1) is 18.3 Å². The minimum absolute atomic E-state index is 0.141. The van der Waals surface area contributed by atoms with Crippen molar-refractivity contribution in [3.05, 3.63) is 59.5 Å². The summed E-state index contributed by atoms with van der Waals surface area (Å²) in [6, 6.07) is 14.4. The second-order valence-corrected chi connectivity index (χ2v) is 4.79. The second-order valence-electron chi connectivity index (χ2n) is 4.79. The maximum Gasteiger partial charge on any atom is 0.105 e. The van der Waals surface area contributed by atoms with Gasteiger partial charge in [-0.1, -0.05) is 38.1 Å². The van der Waals surface area contributed by atoms with Crippen molar-refractivity contribution in [1.82, 2.24) is 0 Å². The predicted molar refractivity (Wildman–Crippen MR) is 71.3 cm³/mol. The summed E-state index contributed by atoms with van der Waals surface area (Å²) < 4.78 is 5.30. The van der Waals surface area contributed by atoms with Crippen molar-refractivity contribution in [2.45, 2.75) is 32.1 Å². The van der Waals surface area contributed by atoms with E-state index in [1.807, 2.05) is 24.3 Å². The molecule has 92 valence electrons.